The molecule has 18 heavy (non-hydrogen) atoms. The number of nitrogens with zero attached hydrogens (tertiary/aromatic N) is 1. The first-order chi connectivity index (χ1) is 8.86. The summed E-state index contributed by atoms with van der Waals surface area (Å²) in [6.45, 7) is 0.807. The van der Waals surface area contributed by atoms with Crippen LogP contribution >= 0.6 is 0 Å². The molecule has 0 radical (unpaired) electrons. The lowest BCUT2D eigenvalue weighted by Crippen LogP contribution is -2.17. The number of pyridine rings is 1. The Hall–Kier alpha value is -1.45. The summed E-state index contributed by atoms with van der Waals surface area (Å²) in [6, 6.07) is 8.83. The Morgan fingerprint density at radius 3 is 3.00 bits per heavy atom. The maximum absolute atomic E-state index is 5.12. The number of ether oxygens (including phenoxy) is 1. The van der Waals surface area contributed by atoms with Crippen molar-refractivity contribution >= 4 is 10.8 Å². The van der Waals surface area contributed by atoms with Gasteiger partial charge in [-0.2, -0.15) is 0 Å². The molecular weight excluding hydrogens is 224 g/mol. The van der Waals surface area contributed by atoms with Gasteiger partial charge in [-0.05, 0) is 36.9 Å². The van der Waals surface area contributed by atoms with Crippen LogP contribution in [0.1, 0.15) is 24.4 Å². The van der Waals surface area contributed by atoms with E-state index >= 15 is 0 Å². The molecule has 0 saturated heterocycles. The van der Waals surface area contributed by atoms with Crippen LogP contribution in [-0.4, -0.2) is 25.7 Å². The lowest BCUT2D eigenvalue weighted by Gasteiger charge is -2.18. The number of nitrogens with one attached hydrogen (secondary N) is 1. The summed E-state index contributed by atoms with van der Waals surface area (Å²) in [7, 11) is 3.75. The van der Waals surface area contributed by atoms with Gasteiger partial charge in [-0.1, -0.05) is 18.2 Å². The van der Waals surface area contributed by atoms with Crippen LogP contribution in [0.2, 0.25) is 0 Å². The molecule has 0 aliphatic carbocycles. The fourth-order valence-corrected chi connectivity index (χ4v) is 2.33. The first kappa shape index (κ1) is 13.0. The zero-order chi connectivity index (χ0) is 12.8. The topological polar surface area (TPSA) is 34.1 Å². The summed E-state index contributed by atoms with van der Waals surface area (Å²) in [5.41, 5.74) is 1.32. The standard InChI is InChI=1S/C15H20N2O/c1-16-15(7-4-10-18-2)13-6-3-5-12-8-9-17-11-14(12)13/h3,5-6,8-9,11,15-16H,4,7,10H2,1-2H3. The molecule has 3 heteroatoms. The number of benzene rings is 1. The van der Waals surface area contributed by atoms with Crippen LogP contribution in [0.25, 0.3) is 10.8 Å². The molecule has 96 valence electrons. The van der Waals surface area contributed by atoms with Crippen LogP contribution in [0.15, 0.2) is 36.7 Å². The van der Waals surface area contributed by atoms with Crippen molar-refractivity contribution in [2.75, 3.05) is 20.8 Å². The Balaban J connectivity index is 2.27. The van der Waals surface area contributed by atoms with Crippen LogP contribution in [0.4, 0.5) is 0 Å². The highest BCUT2D eigenvalue weighted by Crippen LogP contribution is 2.26. The maximum atomic E-state index is 5.12. The van der Waals surface area contributed by atoms with Crippen molar-refractivity contribution in [1.82, 2.24) is 10.3 Å². The van der Waals surface area contributed by atoms with E-state index in [-0.39, 0.29) is 0 Å². The molecule has 0 spiro atoms. The lowest BCUT2D eigenvalue weighted by molar-refractivity contribution is 0.189. The lowest BCUT2D eigenvalue weighted by atomic mass is 9.97. The summed E-state index contributed by atoms with van der Waals surface area (Å²) in [6.07, 6.45) is 5.91. The summed E-state index contributed by atoms with van der Waals surface area (Å²) < 4.78 is 5.12. The average molecular weight is 244 g/mol. The second-order valence-electron chi connectivity index (χ2n) is 4.42. The van der Waals surface area contributed by atoms with E-state index in [1.807, 2.05) is 19.4 Å². The van der Waals surface area contributed by atoms with Crippen molar-refractivity contribution in [1.29, 1.82) is 0 Å². The molecule has 1 atom stereocenters. The summed E-state index contributed by atoms with van der Waals surface area (Å²) in [5.74, 6) is 0. The van der Waals surface area contributed by atoms with Gasteiger partial charge in [-0.3, -0.25) is 4.98 Å². The van der Waals surface area contributed by atoms with E-state index in [2.05, 4.69) is 34.6 Å². The number of hydrogen-bond donors (Lipinski definition) is 1. The third kappa shape index (κ3) is 2.86. The molecule has 1 aromatic heterocycles. The van der Waals surface area contributed by atoms with Crippen LogP contribution < -0.4 is 5.32 Å². The molecule has 0 amide bonds. The van der Waals surface area contributed by atoms with Gasteiger partial charge in [0, 0.05) is 37.5 Å². The third-order valence-corrected chi connectivity index (χ3v) is 3.28. The first-order valence-electron chi connectivity index (χ1n) is 6.35. The Kier molecular flexibility index (Phi) is 4.67. The Labute approximate surface area is 108 Å². The molecule has 3 nitrogen and oxygen atoms in total. The quantitative estimate of drug-likeness (QED) is 0.793. The van der Waals surface area contributed by atoms with Crippen molar-refractivity contribution in [3.8, 4) is 0 Å². The predicted octanol–water partition coefficient (Wildman–Crippen LogP) is 2.92. The maximum Gasteiger partial charge on any atom is 0.0462 e. The zero-order valence-electron chi connectivity index (χ0n) is 11.0. The molecule has 1 N–H and O–H groups in total. The van der Waals surface area contributed by atoms with E-state index < -0.39 is 0 Å². The Morgan fingerprint density at radius 2 is 2.22 bits per heavy atom. The molecule has 0 fully saturated rings. The van der Waals surface area contributed by atoms with E-state index in [4.69, 9.17) is 4.74 Å². The van der Waals surface area contributed by atoms with E-state index in [9.17, 15) is 0 Å². The van der Waals surface area contributed by atoms with E-state index in [0.29, 0.717) is 6.04 Å². The average Bonchev–Trinajstić information content (AvgIpc) is 2.43. The monoisotopic (exact) mass is 244 g/mol. The van der Waals surface area contributed by atoms with Gasteiger partial charge < -0.3 is 10.1 Å². The molecular formula is C15H20N2O. The van der Waals surface area contributed by atoms with Gasteiger partial charge in [0.05, 0.1) is 0 Å². The summed E-state index contributed by atoms with van der Waals surface area (Å²) >= 11 is 0. The predicted molar refractivity (Wildman–Crippen MR) is 74.7 cm³/mol. The third-order valence-electron chi connectivity index (χ3n) is 3.28. The van der Waals surface area contributed by atoms with Crippen molar-refractivity contribution in [3.63, 3.8) is 0 Å². The van der Waals surface area contributed by atoms with Crippen LogP contribution in [-0.2, 0) is 4.74 Å². The van der Waals surface area contributed by atoms with E-state index in [1.54, 1.807) is 7.11 Å². The minimum Gasteiger partial charge on any atom is -0.385 e. The molecule has 1 heterocycles. The molecule has 1 unspecified atom stereocenters. The molecule has 0 aliphatic rings. The fraction of sp³-hybridized carbons (Fsp3) is 0.400. The van der Waals surface area contributed by atoms with Gasteiger partial charge in [0.2, 0.25) is 0 Å². The van der Waals surface area contributed by atoms with E-state index in [0.717, 1.165) is 19.4 Å². The van der Waals surface area contributed by atoms with Crippen molar-refractivity contribution < 1.29 is 4.74 Å². The smallest absolute Gasteiger partial charge is 0.0462 e. The largest absolute Gasteiger partial charge is 0.385 e. The van der Waals surface area contributed by atoms with Crippen LogP contribution in [0.3, 0.4) is 0 Å². The number of aromatic nitrogens is 1. The van der Waals surface area contributed by atoms with Gasteiger partial charge in [0.1, 0.15) is 0 Å². The van der Waals surface area contributed by atoms with Crippen molar-refractivity contribution in [2.24, 2.45) is 0 Å². The molecule has 0 aliphatic heterocycles. The molecule has 2 rings (SSSR count). The second-order valence-corrected chi connectivity index (χ2v) is 4.42. The summed E-state index contributed by atoms with van der Waals surface area (Å²) in [4.78, 5) is 4.23. The van der Waals surface area contributed by atoms with Gasteiger partial charge in [0.15, 0.2) is 0 Å². The fourth-order valence-electron chi connectivity index (χ4n) is 2.33. The Bertz CT molecular complexity index is 493. The van der Waals surface area contributed by atoms with Gasteiger partial charge in [0.25, 0.3) is 0 Å². The Morgan fingerprint density at radius 1 is 1.33 bits per heavy atom. The number of hydrogen-bond acceptors (Lipinski definition) is 3. The number of rotatable bonds is 6. The highest BCUT2D eigenvalue weighted by Gasteiger charge is 2.11. The first-order valence-corrected chi connectivity index (χ1v) is 6.35. The van der Waals surface area contributed by atoms with Crippen LogP contribution in [0, 0.1) is 0 Å². The van der Waals surface area contributed by atoms with Crippen molar-refractivity contribution in [2.45, 2.75) is 18.9 Å². The minimum absolute atomic E-state index is 0.355. The molecule has 2 aromatic rings. The zero-order valence-corrected chi connectivity index (χ0v) is 11.0. The molecule has 0 bridgehead atoms. The normalized spacial score (nSPS) is 12.8. The van der Waals surface area contributed by atoms with Crippen LogP contribution in [0.5, 0.6) is 0 Å². The van der Waals surface area contributed by atoms with Gasteiger partial charge >= 0.3 is 0 Å². The SMILES string of the molecule is CNC(CCCOC)c1cccc2ccncc12. The molecule has 0 saturated carbocycles. The molecule has 1 aromatic carbocycles. The second kappa shape index (κ2) is 6.47. The van der Waals surface area contributed by atoms with Crippen molar-refractivity contribution in [3.05, 3.63) is 42.2 Å². The number of methoxy groups -OCH3 is 1. The van der Waals surface area contributed by atoms with Gasteiger partial charge in [-0.25, -0.2) is 0 Å². The van der Waals surface area contributed by atoms with Gasteiger partial charge in [-0.15, -0.1) is 0 Å². The number of fused-ring (bicyclic) bond motifs is 1. The highest BCUT2D eigenvalue weighted by molar-refractivity contribution is 5.85. The minimum atomic E-state index is 0.355. The highest BCUT2D eigenvalue weighted by atomic mass is 16.5. The van der Waals surface area contributed by atoms with E-state index in [1.165, 1.54) is 16.3 Å². The summed E-state index contributed by atoms with van der Waals surface area (Å²) in [5, 5.41) is 5.86.